The third kappa shape index (κ3) is 4.24. The number of carbonyl (C=O) groups is 3. The molecule has 0 atom stereocenters. The lowest BCUT2D eigenvalue weighted by atomic mass is 9.95. The third-order valence-corrected chi connectivity index (χ3v) is 5.23. The summed E-state index contributed by atoms with van der Waals surface area (Å²) in [5.74, 6) is 0.154. The Bertz CT molecular complexity index is 866. The molecule has 2 aliphatic rings. The van der Waals surface area contributed by atoms with Crippen LogP contribution in [0.3, 0.4) is 0 Å². The van der Waals surface area contributed by atoms with Crippen LogP contribution >= 0.6 is 0 Å². The molecule has 0 radical (unpaired) electrons. The van der Waals surface area contributed by atoms with E-state index in [1.54, 1.807) is 29.2 Å². The van der Waals surface area contributed by atoms with E-state index in [9.17, 15) is 14.4 Å². The zero-order chi connectivity index (χ0) is 19.5. The molecule has 1 aromatic heterocycles. The largest absolute Gasteiger partial charge is 0.459 e. The van der Waals surface area contributed by atoms with E-state index in [0.29, 0.717) is 43.1 Å². The fourth-order valence-corrected chi connectivity index (χ4v) is 3.41. The monoisotopic (exact) mass is 381 g/mol. The molecule has 1 aromatic carbocycles. The SMILES string of the molecule is O=C(Nc1cccc(NC(=O)C2CCN(C(=O)c3ccco3)CC2)c1)C1CC1. The number of rotatable bonds is 5. The van der Waals surface area contributed by atoms with E-state index in [1.807, 2.05) is 12.1 Å². The fourth-order valence-electron chi connectivity index (χ4n) is 3.41. The van der Waals surface area contributed by atoms with Crippen LogP contribution in [0.4, 0.5) is 11.4 Å². The average molecular weight is 381 g/mol. The molecule has 0 spiro atoms. The number of anilines is 2. The highest BCUT2D eigenvalue weighted by molar-refractivity contribution is 5.96. The van der Waals surface area contributed by atoms with E-state index in [4.69, 9.17) is 4.42 Å². The van der Waals surface area contributed by atoms with Crippen molar-refractivity contribution in [3.05, 3.63) is 48.4 Å². The van der Waals surface area contributed by atoms with Crippen LogP contribution in [0.25, 0.3) is 0 Å². The first-order chi connectivity index (χ1) is 13.6. The van der Waals surface area contributed by atoms with Gasteiger partial charge < -0.3 is 20.0 Å². The summed E-state index contributed by atoms with van der Waals surface area (Å²) in [5.41, 5.74) is 1.35. The molecule has 146 valence electrons. The van der Waals surface area contributed by atoms with Crippen LogP contribution in [0.1, 0.15) is 36.2 Å². The second-order valence-electron chi connectivity index (χ2n) is 7.38. The maximum atomic E-state index is 12.6. The van der Waals surface area contributed by atoms with Gasteiger partial charge in [-0.05, 0) is 56.0 Å². The van der Waals surface area contributed by atoms with Gasteiger partial charge in [-0.1, -0.05) is 6.07 Å². The second-order valence-corrected chi connectivity index (χ2v) is 7.38. The highest BCUT2D eigenvalue weighted by Gasteiger charge is 2.30. The summed E-state index contributed by atoms with van der Waals surface area (Å²) in [6, 6.07) is 10.5. The Morgan fingerprint density at radius 1 is 0.857 bits per heavy atom. The van der Waals surface area contributed by atoms with E-state index in [0.717, 1.165) is 12.8 Å². The Morgan fingerprint density at radius 3 is 2.00 bits per heavy atom. The van der Waals surface area contributed by atoms with Gasteiger partial charge in [-0.25, -0.2) is 0 Å². The van der Waals surface area contributed by atoms with Gasteiger partial charge in [0.05, 0.1) is 6.26 Å². The van der Waals surface area contributed by atoms with E-state index in [1.165, 1.54) is 6.26 Å². The molecule has 2 heterocycles. The molecule has 7 heteroatoms. The maximum absolute atomic E-state index is 12.6. The van der Waals surface area contributed by atoms with Crippen molar-refractivity contribution < 1.29 is 18.8 Å². The number of nitrogens with one attached hydrogen (secondary N) is 2. The summed E-state index contributed by atoms with van der Waals surface area (Å²) in [6.45, 7) is 1.05. The van der Waals surface area contributed by atoms with Gasteiger partial charge in [0, 0.05) is 36.3 Å². The van der Waals surface area contributed by atoms with Crippen molar-refractivity contribution in [2.24, 2.45) is 11.8 Å². The number of amides is 3. The molecule has 2 aromatic rings. The minimum Gasteiger partial charge on any atom is -0.459 e. The zero-order valence-corrected chi connectivity index (χ0v) is 15.5. The summed E-state index contributed by atoms with van der Waals surface area (Å²) in [6.07, 6.45) is 4.59. The van der Waals surface area contributed by atoms with E-state index in [-0.39, 0.29) is 29.6 Å². The number of nitrogens with zero attached hydrogens (tertiary/aromatic N) is 1. The number of carbonyl (C=O) groups excluding carboxylic acids is 3. The lowest BCUT2D eigenvalue weighted by molar-refractivity contribution is -0.121. The Hall–Kier alpha value is -3.09. The Balaban J connectivity index is 1.29. The minimum absolute atomic E-state index is 0.0390. The van der Waals surface area contributed by atoms with Crippen molar-refractivity contribution in [3.8, 4) is 0 Å². The van der Waals surface area contributed by atoms with Crippen molar-refractivity contribution in [3.63, 3.8) is 0 Å². The van der Waals surface area contributed by atoms with Gasteiger partial charge in [-0.2, -0.15) is 0 Å². The summed E-state index contributed by atoms with van der Waals surface area (Å²) < 4.78 is 5.16. The molecule has 0 bridgehead atoms. The van der Waals surface area contributed by atoms with Crippen LogP contribution < -0.4 is 10.6 Å². The molecule has 0 unspecified atom stereocenters. The fraction of sp³-hybridized carbons (Fsp3) is 0.381. The highest BCUT2D eigenvalue weighted by Crippen LogP contribution is 2.30. The molecule has 1 saturated carbocycles. The van der Waals surface area contributed by atoms with E-state index < -0.39 is 0 Å². The number of furan rings is 1. The van der Waals surface area contributed by atoms with Crippen molar-refractivity contribution >= 4 is 29.1 Å². The summed E-state index contributed by atoms with van der Waals surface area (Å²) >= 11 is 0. The Kier molecular flexibility index (Phi) is 5.14. The first-order valence-electron chi connectivity index (χ1n) is 9.65. The number of piperidine rings is 1. The first-order valence-corrected chi connectivity index (χ1v) is 9.65. The van der Waals surface area contributed by atoms with Crippen LogP contribution in [-0.2, 0) is 9.59 Å². The number of hydrogen-bond acceptors (Lipinski definition) is 4. The van der Waals surface area contributed by atoms with Gasteiger partial charge in [-0.15, -0.1) is 0 Å². The van der Waals surface area contributed by atoms with Crippen molar-refractivity contribution in [1.29, 1.82) is 0 Å². The third-order valence-electron chi connectivity index (χ3n) is 5.23. The average Bonchev–Trinajstić information content (AvgIpc) is 3.42. The Morgan fingerprint density at radius 2 is 1.46 bits per heavy atom. The summed E-state index contributed by atoms with van der Waals surface area (Å²) in [5, 5.41) is 5.81. The molecular formula is C21H23N3O4. The molecule has 28 heavy (non-hydrogen) atoms. The van der Waals surface area contributed by atoms with Crippen molar-refractivity contribution in [1.82, 2.24) is 4.90 Å². The molecule has 4 rings (SSSR count). The lowest BCUT2D eigenvalue weighted by Crippen LogP contribution is -2.41. The van der Waals surface area contributed by atoms with Crippen molar-refractivity contribution in [2.45, 2.75) is 25.7 Å². The standard InChI is InChI=1S/C21H23N3O4/c25-19(14-6-7-14)22-16-3-1-4-17(13-16)23-20(26)15-8-10-24(11-9-15)21(27)18-5-2-12-28-18/h1-5,12-15H,6-11H2,(H,22,25)(H,23,26). The van der Waals surface area contributed by atoms with Crippen LogP contribution in [0, 0.1) is 11.8 Å². The number of hydrogen-bond donors (Lipinski definition) is 2. The normalized spacial score (nSPS) is 17.2. The number of benzene rings is 1. The van der Waals surface area contributed by atoms with E-state index in [2.05, 4.69) is 10.6 Å². The van der Waals surface area contributed by atoms with Gasteiger partial charge in [-0.3, -0.25) is 14.4 Å². The second kappa shape index (κ2) is 7.88. The molecular weight excluding hydrogens is 358 g/mol. The molecule has 1 aliphatic carbocycles. The molecule has 1 saturated heterocycles. The van der Waals surface area contributed by atoms with Crippen molar-refractivity contribution in [2.75, 3.05) is 23.7 Å². The molecule has 1 aliphatic heterocycles. The number of likely N-dealkylation sites (tertiary alicyclic amines) is 1. The zero-order valence-electron chi connectivity index (χ0n) is 15.5. The van der Waals surface area contributed by atoms with Crippen LogP contribution in [0.2, 0.25) is 0 Å². The van der Waals surface area contributed by atoms with Crippen LogP contribution in [-0.4, -0.2) is 35.7 Å². The van der Waals surface area contributed by atoms with Gasteiger partial charge >= 0.3 is 0 Å². The predicted molar refractivity (Wildman–Crippen MR) is 104 cm³/mol. The topological polar surface area (TPSA) is 91.7 Å². The van der Waals surface area contributed by atoms with Gasteiger partial charge in [0.15, 0.2) is 5.76 Å². The smallest absolute Gasteiger partial charge is 0.289 e. The van der Waals surface area contributed by atoms with Crippen LogP contribution in [0.5, 0.6) is 0 Å². The van der Waals surface area contributed by atoms with Crippen LogP contribution in [0.15, 0.2) is 47.1 Å². The molecule has 2 N–H and O–H groups in total. The van der Waals surface area contributed by atoms with E-state index >= 15 is 0 Å². The minimum atomic E-state index is -0.148. The molecule has 2 fully saturated rings. The predicted octanol–water partition coefficient (Wildman–Crippen LogP) is 3.12. The molecule has 3 amide bonds. The lowest BCUT2D eigenvalue weighted by Gasteiger charge is -2.30. The quantitative estimate of drug-likeness (QED) is 0.832. The molecule has 7 nitrogen and oxygen atoms in total. The van der Waals surface area contributed by atoms with Gasteiger partial charge in [0.1, 0.15) is 0 Å². The summed E-state index contributed by atoms with van der Waals surface area (Å²) in [7, 11) is 0. The summed E-state index contributed by atoms with van der Waals surface area (Å²) in [4.78, 5) is 38.5. The highest BCUT2D eigenvalue weighted by atomic mass is 16.3. The van der Waals surface area contributed by atoms with Gasteiger partial charge in [0.2, 0.25) is 11.8 Å². The Labute approximate surface area is 163 Å². The first kappa shape index (κ1) is 18.3. The maximum Gasteiger partial charge on any atom is 0.289 e. The van der Waals surface area contributed by atoms with Gasteiger partial charge in [0.25, 0.3) is 5.91 Å².